The number of hydrazine groups is 1. The normalized spacial score (nSPS) is 14.7. The minimum absolute atomic E-state index is 0.0576. The summed E-state index contributed by atoms with van der Waals surface area (Å²) in [6.07, 6.45) is -3.77. The number of hydrogen-bond acceptors (Lipinski definition) is 6. The monoisotopic (exact) mass is 462 g/mol. The molecule has 0 spiro atoms. The Hall–Kier alpha value is -3.16. The molecule has 0 atom stereocenters. The fourth-order valence-corrected chi connectivity index (χ4v) is 4.28. The van der Waals surface area contributed by atoms with Crippen molar-refractivity contribution in [2.24, 2.45) is 7.05 Å². The van der Waals surface area contributed by atoms with Gasteiger partial charge in [0.2, 0.25) is 0 Å². The number of alkyl halides is 5. The van der Waals surface area contributed by atoms with Gasteiger partial charge in [0.05, 0.1) is 22.4 Å². The Bertz CT molecular complexity index is 1320. The molecular weight excluding hydrogens is 447 g/mol. The van der Waals surface area contributed by atoms with E-state index in [0.29, 0.717) is 17.0 Å². The summed E-state index contributed by atoms with van der Waals surface area (Å²) in [6, 6.07) is 2.90. The number of benzene rings is 1. The molecular formula is C17H15F5N6O2S. The quantitative estimate of drug-likeness (QED) is 0.515. The summed E-state index contributed by atoms with van der Waals surface area (Å²) in [6.45, 7) is 1.46. The maximum atomic E-state index is 13.7. The number of halogens is 5. The Morgan fingerprint density at radius 3 is 2.48 bits per heavy atom. The number of anilines is 1. The van der Waals surface area contributed by atoms with Gasteiger partial charge in [0.15, 0.2) is 15.7 Å². The minimum atomic E-state index is -5.81. The van der Waals surface area contributed by atoms with Gasteiger partial charge < -0.3 is 4.57 Å². The molecule has 3 heterocycles. The first-order valence-corrected chi connectivity index (χ1v) is 10.5. The summed E-state index contributed by atoms with van der Waals surface area (Å²) in [4.78, 5) is 4.08. The number of rotatable bonds is 4. The van der Waals surface area contributed by atoms with Crippen LogP contribution in [0.5, 0.6) is 0 Å². The zero-order valence-electron chi connectivity index (χ0n) is 16.0. The van der Waals surface area contributed by atoms with Crippen molar-refractivity contribution in [1.82, 2.24) is 25.2 Å². The molecule has 0 bridgehead atoms. The molecule has 1 aliphatic heterocycles. The molecule has 166 valence electrons. The highest BCUT2D eigenvalue weighted by atomic mass is 32.2. The summed E-state index contributed by atoms with van der Waals surface area (Å²) < 4.78 is 92.3. The highest BCUT2D eigenvalue weighted by Crippen LogP contribution is 2.42. The van der Waals surface area contributed by atoms with Crippen molar-refractivity contribution >= 4 is 32.6 Å². The maximum absolute atomic E-state index is 13.7. The Morgan fingerprint density at radius 2 is 1.84 bits per heavy atom. The molecule has 0 aliphatic carbocycles. The second kappa shape index (κ2) is 6.67. The predicted molar refractivity (Wildman–Crippen MR) is 102 cm³/mol. The van der Waals surface area contributed by atoms with E-state index in [0.717, 1.165) is 0 Å². The first-order chi connectivity index (χ1) is 14.4. The second-order valence-electron chi connectivity index (χ2n) is 6.82. The van der Waals surface area contributed by atoms with Gasteiger partial charge in [-0.3, -0.25) is 16.0 Å². The van der Waals surface area contributed by atoms with Crippen LogP contribution in [0, 0.1) is 0 Å². The van der Waals surface area contributed by atoms with Crippen LogP contribution in [0.3, 0.4) is 0 Å². The second-order valence-corrected chi connectivity index (χ2v) is 9.06. The Kier molecular flexibility index (Phi) is 4.54. The number of imidazole rings is 1. The third kappa shape index (κ3) is 3.21. The summed E-state index contributed by atoms with van der Waals surface area (Å²) in [5, 5.41) is 7.10. The molecule has 0 saturated heterocycles. The van der Waals surface area contributed by atoms with E-state index >= 15 is 0 Å². The molecule has 0 saturated carbocycles. The van der Waals surface area contributed by atoms with E-state index in [1.54, 1.807) is 0 Å². The molecule has 0 fully saturated rings. The van der Waals surface area contributed by atoms with Gasteiger partial charge in [0.25, 0.3) is 0 Å². The van der Waals surface area contributed by atoms with E-state index < -0.39 is 27.6 Å². The average molecular weight is 462 g/mol. The summed E-state index contributed by atoms with van der Waals surface area (Å²) in [5.41, 5.74) is 3.13. The topological polar surface area (TPSA) is 105 Å². The number of nitrogens with zero attached hydrogens (tertiary/aromatic N) is 3. The number of fused-ring (bicyclic) bond motifs is 2. The molecule has 31 heavy (non-hydrogen) atoms. The van der Waals surface area contributed by atoms with Gasteiger partial charge in [-0.15, -0.1) is 0 Å². The SMILES string of the molecule is CCS(=O)(=O)c1cc2[nH]ncc2cc1-c1nc2c(n1C)NNC(C(F)(F)C(F)(F)F)=C2. The first-order valence-electron chi connectivity index (χ1n) is 8.82. The largest absolute Gasteiger partial charge is 0.459 e. The van der Waals surface area contributed by atoms with Crippen LogP contribution < -0.4 is 10.9 Å². The van der Waals surface area contributed by atoms with Crippen molar-refractivity contribution in [3.8, 4) is 11.4 Å². The van der Waals surface area contributed by atoms with Crippen LogP contribution in [-0.4, -0.2) is 46.0 Å². The smallest absolute Gasteiger partial charge is 0.312 e. The fourth-order valence-electron chi connectivity index (χ4n) is 3.19. The number of hydrogen-bond donors (Lipinski definition) is 3. The Morgan fingerprint density at radius 1 is 1.13 bits per heavy atom. The number of sulfone groups is 1. The van der Waals surface area contributed by atoms with Crippen molar-refractivity contribution in [2.75, 3.05) is 11.2 Å². The number of nitrogens with one attached hydrogen (secondary N) is 3. The number of H-pyrrole nitrogens is 1. The number of allylic oxidation sites excluding steroid dienone is 1. The molecule has 3 N–H and O–H groups in total. The van der Waals surface area contributed by atoms with Gasteiger partial charge >= 0.3 is 12.1 Å². The van der Waals surface area contributed by atoms with Crippen LogP contribution in [0.1, 0.15) is 12.6 Å². The first kappa shape index (κ1) is 21.1. The lowest BCUT2D eigenvalue weighted by Gasteiger charge is -2.26. The standard InChI is InChI=1S/C17H15F5N6O2S/c1-3-31(29,30)12-5-10-8(7-23-25-10)4-9(12)14-24-11-6-13(16(18,19)17(20,21)22)26-27-15(11)28(14)2/h4-7,26-27H,3H2,1-2H3,(H,23,25). The number of aromatic amines is 1. The molecule has 2 aromatic heterocycles. The Balaban J connectivity index is 1.92. The summed E-state index contributed by atoms with van der Waals surface area (Å²) >= 11 is 0. The molecule has 8 nitrogen and oxygen atoms in total. The maximum Gasteiger partial charge on any atom is 0.459 e. The zero-order chi connectivity index (χ0) is 22.8. The van der Waals surface area contributed by atoms with E-state index in [4.69, 9.17) is 0 Å². The number of aromatic nitrogens is 4. The third-order valence-corrected chi connectivity index (χ3v) is 6.68. The van der Waals surface area contributed by atoms with Crippen LogP contribution in [0.15, 0.2) is 28.9 Å². The lowest BCUT2D eigenvalue weighted by atomic mass is 10.1. The molecule has 0 amide bonds. The van der Waals surface area contributed by atoms with Crippen LogP contribution in [0.25, 0.3) is 28.4 Å². The van der Waals surface area contributed by atoms with E-state index in [1.165, 1.54) is 36.9 Å². The van der Waals surface area contributed by atoms with Crippen molar-refractivity contribution < 1.29 is 30.4 Å². The summed E-state index contributed by atoms with van der Waals surface area (Å²) in [5.74, 6) is -5.21. The molecule has 0 unspecified atom stereocenters. The third-order valence-electron chi connectivity index (χ3n) is 4.91. The van der Waals surface area contributed by atoms with E-state index in [1.807, 2.05) is 5.43 Å². The van der Waals surface area contributed by atoms with Gasteiger partial charge in [-0.1, -0.05) is 6.92 Å². The van der Waals surface area contributed by atoms with Crippen molar-refractivity contribution in [1.29, 1.82) is 0 Å². The van der Waals surface area contributed by atoms with Gasteiger partial charge in [-0.2, -0.15) is 27.1 Å². The predicted octanol–water partition coefficient (Wildman–Crippen LogP) is 3.23. The fraction of sp³-hybridized carbons (Fsp3) is 0.294. The van der Waals surface area contributed by atoms with Crippen LogP contribution in [-0.2, 0) is 16.9 Å². The van der Waals surface area contributed by atoms with Crippen LogP contribution in [0.2, 0.25) is 0 Å². The van der Waals surface area contributed by atoms with E-state index in [-0.39, 0.29) is 33.5 Å². The highest BCUT2D eigenvalue weighted by molar-refractivity contribution is 7.91. The molecule has 1 aromatic carbocycles. The Labute approximate surface area is 172 Å². The van der Waals surface area contributed by atoms with Crippen molar-refractivity contribution in [2.45, 2.75) is 23.9 Å². The van der Waals surface area contributed by atoms with Gasteiger partial charge in [0, 0.05) is 18.0 Å². The van der Waals surface area contributed by atoms with Crippen LogP contribution in [0.4, 0.5) is 27.8 Å². The zero-order valence-corrected chi connectivity index (χ0v) is 16.8. The van der Waals surface area contributed by atoms with Crippen LogP contribution >= 0.6 is 0 Å². The summed E-state index contributed by atoms with van der Waals surface area (Å²) in [7, 11) is -2.27. The molecule has 4 rings (SSSR count). The van der Waals surface area contributed by atoms with E-state index in [9.17, 15) is 30.4 Å². The van der Waals surface area contributed by atoms with E-state index in [2.05, 4.69) is 20.6 Å². The van der Waals surface area contributed by atoms with Gasteiger partial charge in [0.1, 0.15) is 17.2 Å². The van der Waals surface area contributed by atoms with Crippen molar-refractivity contribution in [3.63, 3.8) is 0 Å². The molecule has 0 radical (unpaired) electrons. The van der Waals surface area contributed by atoms with Gasteiger partial charge in [-0.05, 0) is 18.2 Å². The average Bonchev–Trinajstić information content (AvgIpc) is 3.29. The molecule has 3 aromatic rings. The van der Waals surface area contributed by atoms with Gasteiger partial charge in [-0.25, -0.2) is 13.4 Å². The minimum Gasteiger partial charge on any atom is -0.312 e. The lowest BCUT2D eigenvalue weighted by Crippen LogP contribution is -2.45. The molecule has 14 heteroatoms. The highest BCUT2D eigenvalue weighted by Gasteiger charge is 2.61. The molecule has 1 aliphatic rings. The lowest BCUT2D eigenvalue weighted by molar-refractivity contribution is -0.265. The van der Waals surface area contributed by atoms with Crippen molar-refractivity contribution in [3.05, 3.63) is 29.7 Å².